The van der Waals surface area contributed by atoms with Gasteiger partial charge in [-0.2, -0.15) is 0 Å². The van der Waals surface area contributed by atoms with Gasteiger partial charge in [0.1, 0.15) is 0 Å². The van der Waals surface area contributed by atoms with Crippen molar-refractivity contribution in [3.8, 4) is 0 Å². The molecule has 0 radical (unpaired) electrons. The van der Waals surface area contributed by atoms with E-state index in [0.717, 1.165) is 54.6 Å². The number of rotatable bonds is 72. The molecule has 3 rings (SSSR count). The van der Waals surface area contributed by atoms with Crippen molar-refractivity contribution < 1.29 is 21.2 Å². The van der Waals surface area contributed by atoms with E-state index >= 15 is 0 Å². The molecule has 0 saturated carbocycles. The fraction of sp³-hybridized carbons (Fsp3) is 0.802. The first-order chi connectivity index (χ1) is 46.1. The summed E-state index contributed by atoms with van der Waals surface area (Å²) in [6, 6.07) is 18.8. The van der Waals surface area contributed by atoms with Gasteiger partial charge in [-0.1, -0.05) is 456 Å². The van der Waals surface area contributed by atoms with Crippen LogP contribution in [0.5, 0.6) is 0 Å². The van der Waals surface area contributed by atoms with Crippen LogP contribution in [0.3, 0.4) is 0 Å². The molecule has 2 nitrogen and oxygen atoms in total. The third kappa shape index (κ3) is 48.5. The molecule has 2 aromatic rings. The van der Waals surface area contributed by atoms with Crippen molar-refractivity contribution in [3.05, 3.63) is 99.6 Å². The van der Waals surface area contributed by atoms with Crippen molar-refractivity contribution in [1.29, 1.82) is 0 Å². The Labute approximate surface area is 599 Å². The monoisotopic (exact) mass is 1340 g/mol. The molecular formula is C91H160N2Ni. The van der Waals surface area contributed by atoms with E-state index in [4.69, 9.17) is 0 Å². The molecule has 544 valence electrons. The van der Waals surface area contributed by atoms with Crippen LogP contribution in [0.1, 0.15) is 480 Å². The molecule has 0 N–H and O–H groups in total. The summed E-state index contributed by atoms with van der Waals surface area (Å²) in [5, 5.41) is 0. The quantitative estimate of drug-likeness (QED) is 0.0358. The molecule has 0 saturated heterocycles. The molecule has 0 spiro atoms. The second kappa shape index (κ2) is 67.9. The fourth-order valence-corrected chi connectivity index (χ4v) is 15.1. The molecule has 0 atom stereocenters. The molecule has 1 heterocycles. The van der Waals surface area contributed by atoms with Crippen LogP contribution in [0, 0.1) is 0 Å². The van der Waals surface area contributed by atoms with Crippen molar-refractivity contribution in [2.24, 2.45) is 0 Å². The average molecular weight is 1340 g/mol. The van der Waals surface area contributed by atoms with Crippen LogP contribution in [0.4, 0.5) is 0 Å². The molecule has 1 aliphatic heterocycles. The van der Waals surface area contributed by atoms with Gasteiger partial charge in [0.15, 0.2) is 0 Å². The van der Waals surface area contributed by atoms with E-state index in [1.54, 1.807) is 4.70 Å². The predicted octanol–water partition coefficient (Wildman–Crippen LogP) is 32.7. The molecule has 2 aromatic carbocycles. The van der Waals surface area contributed by atoms with Gasteiger partial charge in [0.2, 0.25) is 11.4 Å². The van der Waals surface area contributed by atoms with E-state index in [9.17, 15) is 5.53 Å². The summed E-state index contributed by atoms with van der Waals surface area (Å²) in [5.74, 6) is 0. The third-order valence-electron chi connectivity index (χ3n) is 21.4. The third-order valence-corrected chi connectivity index (χ3v) is 21.4. The number of hydrogen-bond acceptors (Lipinski definition) is 0. The molecule has 0 aliphatic carbocycles. The van der Waals surface area contributed by atoms with Gasteiger partial charge in [0.05, 0.1) is 5.57 Å². The van der Waals surface area contributed by atoms with Crippen molar-refractivity contribution >= 4 is 11.4 Å². The second-order valence-corrected chi connectivity index (χ2v) is 30.3. The maximum Gasteiger partial charge on any atom is 0.215 e. The molecular weight excluding hydrogens is 1180 g/mol. The largest absolute Gasteiger partial charge is 0.493 e. The Bertz CT molecular complexity index is 2020. The van der Waals surface area contributed by atoms with Crippen molar-refractivity contribution in [2.75, 3.05) is 0 Å². The molecule has 3 heteroatoms. The molecule has 1 aliphatic rings. The zero-order chi connectivity index (χ0) is 66.1. The zero-order valence-electron chi connectivity index (χ0n) is 63.8. The van der Waals surface area contributed by atoms with Crippen LogP contribution in [0.2, 0.25) is 0 Å². The number of unbranched alkanes of at least 4 members (excludes halogenated alkanes) is 62. The van der Waals surface area contributed by atoms with E-state index in [2.05, 4.69) is 88.4 Å². The smallest absolute Gasteiger partial charge is 0.215 e. The summed E-state index contributed by atoms with van der Waals surface area (Å²) < 4.78 is 1.61. The van der Waals surface area contributed by atoms with Gasteiger partial charge in [0, 0.05) is 33.2 Å². The van der Waals surface area contributed by atoms with Crippen LogP contribution in [-0.2, 0) is 29.3 Å². The average Bonchev–Trinajstić information content (AvgIpc) is 1.61. The summed E-state index contributed by atoms with van der Waals surface area (Å²) in [6.07, 6.45) is 101. The van der Waals surface area contributed by atoms with Gasteiger partial charge in [-0.3, -0.25) is 0 Å². The number of aryl methyl sites for hydroxylation is 2. The Hall–Kier alpha value is -2.25. The summed E-state index contributed by atoms with van der Waals surface area (Å²) in [7, 11) is 0. The normalized spacial score (nSPS) is 12.7. The van der Waals surface area contributed by atoms with E-state index < -0.39 is 0 Å². The van der Waals surface area contributed by atoms with Crippen LogP contribution >= 0.6 is 0 Å². The first kappa shape index (κ1) is 87.8. The van der Waals surface area contributed by atoms with E-state index in [1.807, 2.05) is 0 Å². The first-order valence-corrected chi connectivity index (χ1v) is 43.0. The van der Waals surface area contributed by atoms with Gasteiger partial charge in [0.25, 0.3) is 0 Å². The number of allylic oxidation sites excluding steroid dienone is 4. The molecule has 0 fully saturated rings. The van der Waals surface area contributed by atoms with Gasteiger partial charge in [-0.15, -0.1) is 0 Å². The van der Waals surface area contributed by atoms with Crippen LogP contribution in [-0.4, -0.2) is 4.70 Å². The number of benzene rings is 2. The van der Waals surface area contributed by atoms with Crippen LogP contribution in [0.15, 0.2) is 71.8 Å². The van der Waals surface area contributed by atoms with Gasteiger partial charge in [-0.25, -0.2) is 4.70 Å². The zero-order valence-corrected chi connectivity index (χ0v) is 64.8. The second-order valence-electron chi connectivity index (χ2n) is 30.3. The molecule has 0 unspecified atom stereocenters. The summed E-state index contributed by atoms with van der Waals surface area (Å²) in [6.45, 7) is 9.26. The Morgan fingerprint density at radius 2 is 0.447 bits per heavy atom. The maximum atomic E-state index is 12.6. The van der Waals surface area contributed by atoms with Gasteiger partial charge in [-0.05, 0) is 86.8 Å². The van der Waals surface area contributed by atoms with E-state index in [1.165, 1.54) is 433 Å². The topological polar surface area (TPSA) is 25.3 Å². The Kier molecular flexibility index (Phi) is 63.5. The summed E-state index contributed by atoms with van der Waals surface area (Å²) in [4.78, 5) is 0. The minimum atomic E-state index is 0. The van der Waals surface area contributed by atoms with Gasteiger partial charge < -0.3 is 5.53 Å². The molecule has 0 aromatic heterocycles. The van der Waals surface area contributed by atoms with Crippen molar-refractivity contribution in [1.82, 2.24) is 0 Å². The van der Waals surface area contributed by atoms with Crippen molar-refractivity contribution in [2.45, 2.75) is 471 Å². The number of hydrogen-bond donors (Lipinski definition) is 0. The van der Waals surface area contributed by atoms with Gasteiger partial charge >= 0.3 is 0 Å². The predicted molar refractivity (Wildman–Crippen MR) is 419 cm³/mol. The molecule has 0 amide bonds. The molecule has 0 bridgehead atoms. The Balaban J connectivity index is 0.0000301. The van der Waals surface area contributed by atoms with E-state index in [-0.39, 0.29) is 16.5 Å². The fourth-order valence-electron chi connectivity index (χ4n) is 15.1. The SMILES string of the molecule is CCCCCCCCCCCCCCCC=CC1=C(c2ccc(CCCCCCCCCCCCCCCCCCCCCCCCC)cc2)[N+](=[N-])C(c2ccc(CCCCCCCCCCCCCCCCCCCCCCCCC)cc2)=C1CCCCCCCC.[Ni]. The van der Waals surface area contributed by atoms with Crippen LogP contribution in [0.25, 0.3) is 16.9 Å². The van der Waals surface area contributed by atoms with Crippen LogP contribution < -0.4 is 0 Å². The maximum absolute atomic E-state index is 12.6. The van der Waals surface area contributed by atoms with Crippen molar-refractivity contribution in [3.63, 3.8) is 0 Å². The number of nitrogens with zero attached hydrogens (tertiary/aromatic N) is 2. The standard InChI is InChI=1S/C91H160N2.Ni/c1-5-9-13-17-21-24-27-30-33-35-37-39-41-43-45-47-50-52-55-58-61-64-68-72-84-76-80-86(81-77-84)90-88(74-70-66-20-16-12-8-4)89(75-71-67-63-60-57-54-49-32-29-26-23-19-15-11-7-3)91(93(90)92)87-82-78-85(79-83-87)73-69-65-62-59-56-53-51-48-46-44-42-40-38-36-34-31-28-25-22-18-14-10-6-2;/h71,75-83H,5-70,72-74H2,1-4H3;. The summed E-state index contributed by atoms with van der Waals surface area (Å²) in [5.41, 5.74) is 22.3. The Morgan fingerprint density at radius 3 is 0.691 bits per heavy atom. The van der Waals surface area contributed by atoms with E-state index in [0.29, 0.717) is 0 Å². The minimum Gasteiger partial charge on any atom is -0.493 e. The summed E-state index contributed by atoms with van der Waals surface area (Å²) >= 11 is 0. The molecule has 94 heavy (non-hydrogen) atoms. The Morgan fingerprint density at radius 1 is 0.245 bits per heavy atom. The first-order valence-electron chi connectivity index (χ1n) is 43.0. The minimum absolute atomic E-state index is 0.